The van der Waals surface area contributed by atoms with Crippen LogP contribution >= 0.6 is 0 Å². The molecule has 1 aliphatic rings. The third kappa shape index (κ3) is 7.14. The van der Waals surface area contributed by atoms with Crippen LogP contribution < -0.4 is 5.32 Å². The van der Waals surface area contributed by atoms with Gasteiger partial charge in [-0.2, -0.15) is 0 Å². The topological polar surface area (TPSA) is 44.8 Å². The summed E-state index contributed by atoms with van der Waals surface area (Å²) < 4.78 is 5.41. The Bertz CT molecular complexity index is 329. The van der Waals surface area contributed by atoms with Crippen molar-refractivity contribution in [1.82, 2.24) is 15.1 Å². The fraction of sp³-hybridized carbons (Fsp3) is 0.938. The first-order chi connectivity index (χ1) is 9.63. The van der Waals surface area contributed by atoms with E-state index in [1.54, 1.807) is 0 Å². The number of carbonyl (C=O) groups excluding carboxylic acids is 1. The SMILES string of the molecule is CNC(C)(C)CCCN1CCN(C(=O)OC(C)(C)C)CC1. The molecule has 1 fully saturated rings. The van der Waals surface area contributed by atoms with Crippen LogP contribution in [-0.2, 0) is 4.74 Å². The number of carbonyl (C=O) groups is 1. The van der Waals surface area contributed by atoms with E-state index in [4.69, 9.17) is 4.74 Å². The lowest BCUT2D eigenvalue weighted by Crippen LogP contribution is -2.50. The highest BCUT2D eigenvalue weighted by molar-refractivity contribution is 5.68. The maximum atomic E-state index is 12.0. The molecule has 0 radical (unpaired) electrons. The lowest BCUT2D eigenvalue weighted by Gasteiger charge is -2.36. The van der Waals surface area contributed by atoms with Gasteiger partial charge in [0.25, 0.3) is 0 Å². The van der Waals surface area contributed by atoms with Crippen LogP contribution in [-0.4, -0.2) is 66.8 Å². The van der Waals surface area contributed by atoms with E-state index in [2.05, 4.69) is 24.1 Å². The van der Waals surface area contributed by atoms with Crippen molar-refractivity contribution in [3.63, 3.8) is 0 Å². The van der Waals surface area contributed by atoms with Gasteiger partial charge in [-0.05, 0) is 61.1 Å². The summed E-state index contributed by atoms with van der Waals surface area (Å²) in [6.45, 7) is 14.7. The molecule has 5 nitrogen and oxygen atoms in total. The third-order valence-electron chi connectivity index (χ3n) is 3.98. The molecular formula is C16H33N3O2. The molecule has 1 saturated heterocycles. The summed E-state index contributed by atoms with van der Waals surface area (Å²) in [7, 11) is 2.01. The molecule has 1 N–H and O–H groups in total. The Balaban J connectivity index is 2.25. The number of nitrogens with one attached hydrogen (secondary N) is 1. The summed E-state index contributed by atoms with van der Waals surface area (Å²) in [5.74, 6) is 0. The lowest BCUT2D eigenvalue weighted by molar-refractivity contribution is 0.0143. The molecule has 0 aliphatic carbocycles. The van der Waals surface area contributed by atoms with Gasteiger partial charge in [-0.25, -0.2) is 4.79 Å². The van der Waals surface area contributed by atoms with Gasteiger partial charge in [0, 0.05) is 31.7 Å². The zero-order valence-electron chi connectivity index (χ0n) is 14.7. The van der Waals surface area contributed by atoms with Gasteiger partial charge in [-0.15, -0.1) is 0 Å². The van der Waals surface area contributed by atoms with Crippen molar-refractivity contribution in [3.8, 4) is 0 Å². The molecule has 1 rings (SSSR count). The second kappa shape index (κ2) is 7.45. The number of hydrogen-bond acceptors (Lipinski definition) is 4. The van der Waals surface area contributed by atoms with Crippen molar-refractivity contribution >= 4 is 6.09 Å². The van der Waals surface area contributed by atoms with E-state index in [1.807, 2.05) is 32.7 Å². The maximum absolute atomic E-state index is 12.0. The molecule has 0 aromatic heterocycles. The van der Waals surface area contributed by atoms with E-state index >= 15 is 0 Å². The van der Waals surface area contributed by atoms with Crippen molar-refractivity contribution < 1.29 is 9.53 Å². The number of amides is 1. The van der Waals surface area contributed by atoms with Crippen molar-refractivity contribution in [1.29, 1.82) is 0 Å². The van der Waals surface area contributed by atoms with Gasteiger partial charge in [-0.3, -0.25) is 4.90 Å². The van der Waals surface area contributed by atoms with Crippen LogP contribution in [0.25, 0.3) is 0 Å². The highest BCUT2D eigenvalue weighted by atomic mass is 16.6. The molecule has 0 bridgehead atoms. The van der Waals surface area contributed by atoms with Crippen LogP contribution in [0.1, 0.15) is 47.5 Å². The van der Waals surface area contributed by atoms with Crippen LogP contribution in [0.15, 0.2) is 0 Å². The van der Waals surface area contributed by atoms with E-state index in [9.17, 15) is 4.79 Å². The van der Waals surface area contributed by atoms with E-state index < -0.39 is 5.60 Å². The Labute approximate surface area is 130 Å². The highest BCUT2D eigenvalue weighted by Crippen LogP contribution is 2.14. The van der Waals surface area contributed by atoms with Gasteiger partial charge in [0.2, 0.25) is 0 Å². The Morgan fingerprint density at radius 2 is 1.67 bits per heavy atom. The van der Waals surface area contributed by atoms with Gasteiger partial charge >= 0.3 is 6.09 Å². The molecule has 1 amide bonds. The molecule has 0 spiro atoms. The standard InChI is InChI=1S/C16H33N3O2/c1-15(2,3)21-14(20)19-12-10-18(11-13-19)9-7-8-16(4,5)17-6/h17H,7-13H2,1-6H3. The van der Waals surface area contributed by atoms with Crippen molar-refractivity contribution in [2.75, 3.05) is 39.8 Å². The van der Waals surface area contributed by atoms with Crippen LogP contribution in [0.4, 0.5) is 4.79 Å². The van der Waals surface area contributed by atoms with Gasteiger partial charge in [0.05, 0.1) is 0 Å². The van der Waals surface area contributed by atoms with Crippen LogP contribution in [0, 0.1) is 0 Å². The Morgan fingerprint density at radius 1 is 1.10 bits per heavy atom. The summed E-state index contributed by atoms with van der Waals surface area (Å²) >= 11 is 0. The first kappa shape index (κ1) is 18.2. The van der Waals surface area contributed by atoms with Gasteiger partial charge in [-0.1, -0.05) is 0 Å². The molecule has 0 atom stereocenters. The zero-order valence-corrected chi connectivity index (χ0v) is 14.7. The lowest BCUT2D eigenvalue weighted by atomic mass is 9.98. The summed E-state index contributed by atoms with van der Waals surface area (Å²) in [5, 5.41) is 3.33. The highest BCUT2D eigenvalue weighted by Gasteiger charge is 2.25. The molecule has 0 aromatic rings. The number of piperazine rings is 1. The predicted octanol–water partition coefficient (Wildman–Crippen LogP) is 2.32. The molecule has 0 unspecified atom stereocenters. The summed E-state index contributed by atoms with van der Waals surface area (Å²) in [6, 6.07) is 0. The van der Waals surface area contributed by atoms with E-state index in [0.29, 0.717) is 0 Å². The molecule has 0 saturated carbocycles. The van der Waals surface area contributed by atoms with Crippen LogP contribution in [0.3, 0.4) is 0 Å². The first-order valence-electron chi connectivity index (χ1n) is 8.02. The summed E-state index contributed by atoms with van der Waals surface area (Å²) in [6.07, 6.45) is 2.16. The fourth-order valence-corrected chi connectivity index (χ4v) is 2.35. The minimum absolute atomic E-state index is 0.182. The second-order valence-electron chi connectivity index (χ2n) is 7.55. The van der Waals surface area contributed by atoms with Gasteiger partial charge < -0.3 is 15.0 Å². The van der Waals surface area contributed by atoms with Gasteiger partial charge in [0.15, 0.2) is 0 Å². The molecule has 124 valence electrons. The smallest absolute Gasteiger partial charge is 0.410 e. The van der Waals surface area contributed by atoms with E-state index in [0.717, 1.165) is 39.1 Å². The number of ether oxygens (including phenoxy) is 1. The first-order valence-corrected chi connectivity index (χ1v) is 8.02. The molecular weight excluding hydrogens is 266 g/mol. The minimum atomic E-state index is -0.410. The second-order valence-corrected chi connectivity index (χ2v) is 7.55. The zero-order chi connectivity index (χ0) is 16.1. The Morgan fingerprint density at radius 3 is 2.14 bits per heavy atom. The molecule has 21 heavy (non-hydrogen) atoms. The maximum Gasteiger partial charge on any atom is 0.410 e. The van der Waals surface area contributed by atoms with Crippen molar-refractivity contribution in [3.05, 3.63) is 0 Å². The summed E-state index contributed by atoms with van der Waals surface area (Å²) in [5.41, 5.74) is -0.203. The minimum Gasteiger partial charge on any atom is -0.444 e. The quantitative estimate of drug-likeness (QED) is 0.846. The monoisotopic (exact) mass is 299 g/mol. The Kier molecular flexibility index (Phi) is 6.47. The average molecular weight is 299 g/mol. The molecule has 1 heterocycles. The largest absolute Gasteiger partial charge is 0.444 e. The average Bonchev–Trinajstić information content (AvgIpc) is 2.37. The van der Waals surface area contributed by atoms with Crippen LogP contribution in [0.2, 0.25) is 0 Å². The summed E-state index contributed by atoms with van der Waals surface area (Å²) in [4.78, 5) is 16.2. The molecule has 5 heteroatoms. The fourth-order valence-electron chi connectivity index (χ4n) is 2.35. The predicted molar refractivity (Wildman–Crippen MR) is 86.6 cm³/mol. The number of nitrogens with zero attached hydrogens (tertiary/aromatic N) is 2. The van der Waals surface area contributed by atoms with Crippen molar-refractivity contribution in [2.24, 2.45) is 0 Å². The molecule has 1 aliphatic heterocycles. The normalized spacial score (nSPS) is 17.9. The number of rotatable bonds is 5. The number of hydrogen-bond donors (Lipinski definition) is 1. The Hall–Kier alpha value is -0.810. The van der Waals surface area contributed by atoms with Gasteiger partial charge in [0.1, 0.15) is 5.60 Å². The van der Waals surface area contributed by atoms with Crippen molar-refractivity contribution in [2.45, 2.75) is 58.6 Å². The van der Waals surface area contributed by atoms with E-state index in [-0.39, 0.29) is 11.6 Å². The van der Waals surface area contributed by atoms with E-state index in [1.165, 1.54) is 6.42 Å². The van der Waals surface area contributed by atoms with Crippen LogP contribution in [0.5, 0.6) is 0 Å². The molecule has 0 aromatic carbocycles. The third-order valence-corrected chi connectivity index (χ3v) is 3.98.